The number of carbonyl (C=O) groups excluding carboxylic acids is 2. The Kier molecular flexibility index (Phi) is 6.80. The van der Waals surface area contributed by atoms with Crippen LogP contribution in [0.3, 0.4) is 0 Å². The van der Waals surface area contributed by atoms with E-state index in [1.54, 1.807) is 31.2 Å². The van der Waals surface area contributed by atoms with E-state index in [0.29, 0.717) is 17.1 Å². The van der Waals surface area contributed by atoms with E-state index in [0.717, 1.165) is 15.6 Å². The van der Waals surface area contributed by atoms with E-state index < -0.39 is 21.9 Å². The number of hydrogen-bond donors (Lipinski definition) is 1. The van der Waals surface area contributed by atoms with Crippen molar-refractivity contribution in [2.45, 2.75) is 11.8 Å². The molecule has 0 aliphatic rings. The van der Waals surface area contributed by atoms with Crippen molar-refractivity contribution in [2.75, 3.05) is 30.9 Å². The van der Waals surface area contributed by atoms with Crippen LogP contribution in [-0.2, 0) is 14.8 Å². The van der Waals surface area contributed by atoms with Crippen LogP contribution >= 0.6 is 11.3 Å². The van der Waals surface area contributed by atoms with Crippen molar-refractivity contribution in [1.82, 2.24) is 4.98 Å². The summed E-state index contributed by atoms with van der Waals surface area (Å²) in [6.07, 6.45) is 0. The van der Waals surface area contributed by atoms with Crippen molar-refractivity contribution < 1.29 is 27.5 Å². The lowest BCUT2D eigenvalue weighted by molar-refractivity contribution is 0.0605. The Morgan fingerprint density at radius 1 is 1.09 bits per heavy atom. The van der Waals surface area contributed by atoms with Gasteiger partial charge in [0.1, 0.15) is 10.6 Å². The van der Waals surface area contributed by atoms with Crippen molar-refractivity contribution in [3.05, 3.63) is 64.7 Å². The highest BCUT2D eigenvalue weighted by Gasteiger charge is 2.23. The van der Waals surface area contributed by atoms with Crippen LogP contribution < -0.4 is 14.4 Å². The Hall–Kier alpha value is -3.44. The summed E-state index contributed by atoms with van der Waals surface area (Å²) < 4.78 is 37.1. The first-order chi connectivity index (χ1) is 15.2. The van der Waals surface area contributed by atoms with Gasteiger partial charge in [-0.05, 0) is 49.4 Å². The zero-order valence-corrected chi connectivity index (χ0v) is 19.4. The fourth-order valence-electron chi connectivity index (χ4n) is 2.79. The molecule has 1 aromatic heterocycles. The molecule has 3 rings (SSSR count). The first-order valence-electron chi connectivity index (χ1n) is 9.27. The molecule has 0 saturated carbocycles. The molecule has 2 aromatic carbocycles. The van der Waals surface area contributed by atoms with Gasteiger partial charge in [0.2, 0.25) is 0 Å². The average molecular weight is 476 g/mol. The molecular weight excluding hydrogens is 454 g/mol. The first kappa shape index (κ1) is 23.2. The molecule has 32 heavy (non-hydrogen) atoms. The summed E-state index contributed by atoms with van der Waals surface area (Å²) in [5, 5.41) is 2.79. The third-order valence-corrected chi connectivity index (χ3v) is 7.41. The largest absolute Gasteiger partial charge is 0.497 e. The summed E-state index contributed by atoms with van der Waals surface area (Å²) in [7, 11) is 0.289. The van der Waals surface area contributed by atoms with Crippen LogP contribution in [0.4, 0.5) is 10.8 Å². The Bertz CT molecular complexity index is 1250. The zero-order chi connectivity index (χ0) is 23.5. The number of nitrogens with one attached hydrogen (secondary N) is 1. The lowest BCUT2D eigenvalue weighted by atomic mass is 10.2. The number of hydrogen-bond acceptors (Lipinski definition) is 8. The molecule has 9 nitrogen and oxygen atoms in total. The Balaban J connectivity index is 1.83. The van der Waals surface area contributed by atoms with E-state index in [1.165, 1.54) is 45.5 Å². The summed E-state index contributed by atoms with van der Waals surface area (Å²) in [5.74, 6) is -0.500. The summed E-state index contributed by atoms with van der Waals surface area (Å²) in [6, 6.07) is 12.2. The number of esters is 1. The molecule has 1 amide bonds. The van der Waals surface area contributed by atoms with Gasteiger partial charge in [0.15, 0.2) is 5.13 Å². The molecular formula is C21H21N3O6S2. The smallest absolute Gasteiger partial charge is 0.350 e. The lowest BCUT2D eigenvalue weighted by Gasteiger charge is -2.20. The van der Waals surface area contributed by atoms with Gasteiger partial charge < -0.3 is 9.47 Å². The highest BCUT2D eigenvalue weighted by atomic mass is 32.2. The van der Waals surface area contributed by atoms with E-state index in [-0.39, 0.29) is 20.5 Å². The van der Waals surface area contributed by atoms with Gasteiger partial charge in [-0.15, -0.1) is 0 Å². The van der Waals surface area contributed by atoms with Crippen LogP contribution in [0.2, 0.25) is 0 Å². The van der Waals surface area contributed by atoms with Gasteiger partial charge in [0, 0.05) is 12.6 Å². The molecule has 0 saturated heterocycles. The van der Waals surface area contributed by atoms with Crippen LogP contribution in [0.1, 0.15) is 25.7 Å². The summed E-state index contributed by atoms with van der Waals surface area (Å²) in [6.45, 7) is 1.63. The van der Waals surface area contributed by atoms with Crippen molar-refractivity contribution in [3.8, 4) is 5.75 Å². The van der Waals surface area contributed by atoms with Crippen LogP contribution in [0.25, 0.3) is 0 Å². The number of anilines is 2. The second-order valence-electron chi connectivity index (χ2n) is 6.58. The van der Waals surface area contributed by atoms with Gasteiger partial charge in [0.05, 0.1) is 30.5 Å². The van der Waals surface area contributed by atoms with Crippen LogP contribution in [0.5, 0.6) is 5.75 Å². The number of ether oxygens (including phenoxy) is 2. The van der Waals surface area contributed by atoms with Gasteiger partial charge >= 0.3 is 5.97 Å². The van der Waals surface area contributed by atoms with Gasteiger partial charge in [-0.1, -0.05) is 17.4 Å². The summed E-state index contributed by atoms with van der Waals surface area (Å²) in [4.78, 5) is 28.8. The number of aromatic nitrogens is 1. The quantitative estimate of drug-likeness (QED) is 0.521. The number of methoxy groups -OCH3 is 2. The Morgan fingerprint density at radius 2 is 1.78 bits per heavy atom. The highest BCUT2D eigenvalue weighted by Crippen LogP contribution is 2.26. The molecule has 0 unspecified atom stereocenters. The topological polar surface area (TPSA) is 115 Å². The molecule has 0 spiro atoms. The Labute approximate surface area is 189 Å². The van der Waals surface area contributed by atoms with Crippen molar-refractivity contribution in [1.29, 1.82) is 0 Å². The molecule has 1 heterocycles. The molecule has 11 heteroatoms. The fraction of sp³-hybridized carbons (Fsp3) is 0.190. The second kappa shape index (κ2) is 9.37. The van der Waals surface area contributed by atoms with Gasteiger partial charge in [-0.25, -0.2) is 18.2 Å². The summed E-state index contributed by atoms with van der Waals surface area (Å²) >= 11 is 0.976. The Morgan fingerprint density at radius 3 is 2.41 bits per heavy atom. The molecule has 3 aromatic rings. The van der Waals surface area contributed by atoms with E-state index in [9.17, 15) is 18.0 Å². The number of aryl methyl sites for hydroxylation is 1. The minimum absolute atomic E-state index is 0.0472. The molecule has 0 fully saturated rings. The SMILES string of the molecule is COC(=O)c1sc(NC(=O)c2cccc(S(=O)(=O)N(C)c3ccc(OC)cc3)c2)nc1C. The van der Waals surface area contributed by atoms with Crippen molar-refractivity contribution in [2.24, 2.45) is 0 Å². The number of rotatable bonds is 7. The standard InChI is InChI=1S/C21H21N3O6S2/c1-13-18(20(26)30-4)31-21(22-13)23-19(25)14-6-5-7-17(12-14)32(27,28)24(2)15-8-10-16(29-3)11-9-15/h5-12H,1-4H3,(H,22,23,25). The lowest BCUT2D eigenvalue weighted by Crippen LogP contribution is -2.26. The average Bonchev–Trinajstić information content (AvgIpc) is 3.17. The molecule has 0 bridgehead atoms. The molecule has 0 atom stereocenters. The number of sulfonamides is 1. The van der Waals surface area contributed by atoms with Gasteiger partial charge in [-0.2, -0.15) is 0 Å². The first-order valence-corrected chi connectivity index (χ1v) is 11.5. The van der Waals surface area contributed by atoms with Crippen LogP contribution in [0, 0.1) is 6.92 Å². The van der Waals surface area contributed by atoms with Crippen LogP contribution in [-0.4, -0.2) is 46.5 Å². The maximum Gasteiger partial charge on any atom is 0.350 e. The predicted molar refractivity (Wildman–Crippen MR) is 121 cm³/mol. The van der Waals surface area contributed by atoms with E-state index in [4.69, 9.17) is 4.74 Å². The number of carbonyl (C=O) groups is 2. The number of benzene rings is 2. The molecule has 0 aliphatic carbocycles. The number of thiazole rings is 1. The van der Waals surface area contributed by atoms with E-state index in [1.807, 2.05) is 0 Å². The molecule has 1 N–H and O–H groups in total. The van der Waals surface area contributed by atoms with Crippen molar-refractivity contribution in [3.63, 3.8) is 0 Å². The molecule has 0 aliphatic heterocycles. The van der Waals surface area contributed by atoms with Crippen LogP contribution in [0.15, 0.2) is 53.4 Å². The number of amides is 1. The van der Waals surface area contributed by atoms with Gasteiger partial charge in [0.25, 0.3) is 15.9 Å². The third kappa shape index (κ3) is 4.73. The fourth-order valence-corrected chi connectivity index (χ4v) is 4.91. The van der Waals surface area contributed by atoms with E-state index >= 15 is 0 Å². The maximum atomic E-state index is 13.1. The minimum Gasteiger partial charge on any atom is -0.497 e. The third-order valence-electron chi connectivity index (χ3n) is 4.58. The zero-order valence-electron chi connectivity index (χ0n) is 17.8. The van der Waals surface area contributed by atoms with Gasteiger partial charge in [-0.3, -0.25) is 14.4 Å². The second-order valence-corrected chi connectivity index (χ2v) is 9.55. The summed E-state index contributed by atoms with van der Waals surface area (Å²) in [5.41, 5.74) is 0.991. The molecule has 168 valence electrons. The monoisotopic (exact) mass is 475 g/mol. The predicted octanol–water partition coefficient (Wildman–Crippen LogP) is 3.32. The maximum absolute atomic E-state index is 13.1. The minimum atomic E-state index is -3.92. The highest BCUT2D eigenvalue weighted by molar-refractivity contribution is 7.92. The number of nitrogens with zero attached hydrogens (tertiary/aromatic N) is 2. The molecule has 0 radical (unpaired) electrons. The van der Waals surface area contributed by atoms with Crippen molar-refractivity contribution >= 4 is 44.1 Å². The van der Waals surface area contributed by atoms with E-state index in [2.05, 4.69) is 15.0 Å². The normalized spacial score (nSPS) is 11.0.